The zero-order chi connectivity index (χ0) is 13.6. The first-order valence-electron chi connectivity index (χ1n) is 6.88. The zero-order valence-electron chi connectivity index (χ0n) is 11.8. The van der Waals surface area contributed by atoms with Gasteiger partial charge in [-0.2, -0.15) is 0 Å². The first kappa shape index (κ1) is 15.0. The SMILES string of the molecule is CCOC(=O)CCC(=O)N1CCCC(C)(C)CC1. The van der Waals surface area contributed by atoms with Crippen LogP contribution in [0.5, 0.6) is 0 Å². The summed E-state index contributed by atoms with van der Waals surface area (Å²) in [4.78, 5) is 25.1. The van der Waals surface area contributed by atoms with Crippen LogP contribution in [-0.4, -0.2) is 36.5 Å². The number of carbonyl (C=O) groups is 2. The van der Waals surface area contributed by atoms with Crippen LogP contribution in [0.3, 0.4) is 0 Å². The lowest BCUT2D eigenvalue weighted by molar-refractivity contribution is -0.145. The third-order valence-corrected chi connectivity index (χ3v) is 3.54. The van der Waals surface area contributed by atoms with Gasteiger partial charge < -0.3 is 9.64 Å². The number of nitrogens with zero attached hydrogens (tertiary/aromatic N) is 1. The maximum Gasteiger partial charge on any atom is 0.306 e. The molecule has 0 spiro atoms. The fourth-order valence-electron chi connectivity index (χ4n) is 2.27. The quantitative estimate of drug-likeness (QED) is 0.724. The standard InChI is InChI=1S/C14H25NO3/c1-4-18-13(17)7-6-12(16)15-10-5-8-14(2,3)9-11-15/h4-11H2,1-3H3. The van der Waals surface area contributed by atoms with E-state index in [9.17, 15) is 9.59 Å². The predicted octanol–water partition coefficient (Wildman–Crippen LogP) is 2.37. The van der Waals surface area contributed by atoms with Crippen molar-refractivity contribution in [1.29, 1.82) is 0 Å². The van der Waals surface area contributed by atoms with Crippen molar-refractivity contribution in [3.05, 3.63) is 0 Å². The van der Waals surface area contributed by atoms with Gasteiger partial charge in [0.15, 0.2) is 0 Å². The Hall–Kier alpha value is -1.06. The fraction of sp³-hybridized carbons (Fsp3) is 0.857. The minimum absolute atomic E-state index is 0.0840. The summed E-state index contributed by atoms with van der Waals surface area (Å²) >= 11 is 0. The Morgan fingerprint density at radius 2 is 1.89 bits per heavy atom. The molecule has 0 aromatic rings. The molecular formula is C14H25NO3. The Morgan fingerprint density at radius 3 is 2.56 bits per heavy atom. The summed E-state index contributed by atoms with van der Waals surface area (Å²) in [5.41, 5.74) is 0.330. The molecule has 1 rings (SSSR count). The number of hydrogen-bond acceptors (Lipinski definition) is 3. The lowest BCUT2D eigenvalue weighted by atomic mass is 9.85. The van der Waals surface area contributed by atoms with E-state index in [1.807, 2.05) is 4.90 Å². The molecule has 1 amide bonds. The highest BCUT2D eigenvalue weighted by atomic mass is 16.5. The molecule has 0 radical (unpaired) electrons. The Kier molecular flexibility index (Phi) is 5.63. The summed E-state index contributed by atoms with van der Waals surface area (Å²) in [7, 11) is 0. The van der Waals surface area contributed by atoms with Gasteiger partial charge in [0.1, 0.15) is 0 Å². The molecule has 1 heterocycles. The molecule has 1 fully saturated rings. The number of amides is 1. The molecule has 0 aliphatic carbocycles. The lowest BCUT2D eigenvalue weighted by Crippen LogP contribution is -2.32. The van der Waals surface area contributed by atoms with Gasteiger partial charge in [-0.15, -0.1) is 0 Å². The van der Waals surface area contributed by atoms with E-state index in [1.165, 1.54) is 0 Å². The average molecular weight is 255 g/mol. The summed E-state index contributed by atoms with van der Waals surface area (Å²) in [6.45, 7) is 8.29. The van der Waals surface area contributed by atoms with Gasteiger partial charge in [-0.1, -0.05) is 13.8 Å². The van der Waals surface area contributed by atoms with E-state index >= 15 is 0 Å². The highest BCUT2D eigenvalue weighted by Gasteiger charge is 2.25. The van der Waals surface area contributed by atoms with Crippen LogP contribution in [0.2, 0.25) is 0 Å². The molecule has 104 valence electrons. The number of carbonyl (C=O) groups excluding carboxylic acids is 2. The van der Waals surface area contributed by atoms with Crippen LogP contribution in [-0.2, 0) is 14.3 Å². The van der Waals surface area contributed by atoms with Crippen LogP contribution in [0.25, 0.3) is 0 Å². The molecule has 0 unspecified atom stereocenters. The van der Waals surface area contributed by atoms with E-state index < -0.39 is 0 Å². The first-order chi connectivity index (χ1) is 8.44. The molecule has 0 N–H and O–H groups in total. The van der Waals surface area contributed by atoms with E-state index in [1.54, 1.807) is 6.92 Å². The van der Waals surface area contributed by atoms with E-state index in [0.29, 0.717) is 12.0 Å². The van der Waals surface area contributed by atoms with Gasteiger partial charge in [-0.25, -0.2) is 0 Å². The van der Waals surface area contributed by atoms with Gasteiger partial charge in [0, 0.05) is 19.5 Å². The highest BCUT2D eigenvalue weighted by molar-refractivity contribution is 5.81. The van der Waals surface area contributed by atoms with Crippen molar-refractivity contribution in [2.24, 2.45) is 5.41 Å². The molecule has 0 aromatic heterocycles. The molecule has 18 heavy (non-hydrogen) atoms. The number of hydrogen-bond donors (Lipinski definition) is 0. The van der Waals surface area contributed by atoms with Gasteiger partial charge in [-0.3, -0.25) is 9.59 Å². The van der Waals surface area contributed by atoms with Crippen LogP contribution in [0.4, 0.5) is 0 Å². The molecule has 0 bridgehead atoms. The Morgan fingerprint density at radius 1 is 1.17 bits per heavy atom. The summed E-state index contributed by atoms with van der Waals surface area (Å²) in [5, 5.41) is 0. The van der Waals surface area contributed by atoms with E-state index in [0.717, 1.165) is 32.4 Å². The number of esters is 1. The summed E-state index contributed by atoms with van der Waals surface area (Å²) in [5.74, 6) is -0.193. The predicted molar refractivity (Wildman–Crippen MR) is 70.1 cm³/mol. The molecule has 1 saturated heterocycles. The molecule has 0 atom stereocenters. The molecular weight excluding hydrogens is 230 g/mol. The van der Waals surface area contributed by atoms with Gasteiger partial charge in [0.05, 0.1) is 13.0 Å². The number of rotatable bonds is 4. The van der Waals surface area contributed by atoms with Crippen LogP contribution in [0, 0.1) is 5.41 Å². The summed E-state index contributed by atoms with van der Waals surface area (Å²) in [6.07, 6.45) is 3.73. The van der Waals surface area contributed by atoms with Crippen molar-refractivity contribution >= 4 is 11.9 Å². The second kappa shape index (κ2) is 6.76. The van der Waals surface area contributed by atoms with Gasteiger partial charge in [-0.05, 0) is 31.6 Å². The van der Waals surface area contributed by atoms with E-state index in [-0.39, 0.29) is 24.7 Å². The average Bonchev–Trinajstić information content (AvgIpc) is 2.47. The second-order valence-corrected chi connectivity index (χ2v) is 5.70. The lowest BCUT2D eigenvalue weighted by Gasteiger charge is -2.23. The first-order valence-corrected chi connectivity index (χ1v) is 6.88. The van der Waals surface area contributed by atoms with Crippen LogP contribution in [0.15, 0.2) is 0 Å². The third-order valence-electron chi connectivity index (χ3n) is 3.54. The van der Waals surface area contributed by atoms with Crippen LogP contribution < -0.4 is 0 Å². The van der Waals surface area contributed by atoms with E-state index in [4.69, 9.17) is 4.74 Å². The van der Waals surface area contributed by atoms with Crippen molar-refractivity contribution in [3.8, 4) is 0 Å². The molecule has 0 saturated carbocycles. The Balaban J connectivity index is 2.35. The Bertz CT molecular complexity index is 299. The van der Waals surface area contributed by atoms with Gasteiger partial charge in [0.25, 0.3) is 0 Å². The van der Waals surface area contributed by atoms with Crippen molar-refractivity contribution in [2.75, 3.05) is 19.7 Å². The maximum absolute atomic E-state index is 12.0. The maximum atomic E-state index is 12.0. The van der Waals surface area contributed by atoms with E-state index in [2.05, 4.69) is 13.8 Å². The highest BCUT2D eigenvalue weighted by Crippen LogP contribution is 2.29. The smallest absolute Gasteiger partial charge is 0.306 e. The minimum Gasteiger partial charge on any atom is -0.466 e. The Labute approximate surface area is 110 Å². The van der Waals surface area contributed by atoms with Crippen molar-refractivity contribution in [3.63, 3.8) is 0 Å². The molecule has 4 heteroatoms. The number of likely N-dealkylation sites (tertiary alicyclic amines) is 1. The summed E-state index contributed by atoms with van der Waals surface area (Å²) in [6, 6.07) is 0. The van der Waals surface area contributed by atoms with Crippen LogP contribution in [0.1, 0.15) is 52.9 Å². The topological polar surface area (TPSA) is 46.6 Å². The molecule has 4 nitrogen and oxygen atoms in total. The molecule has 1 aliphatic rings. The monoisotopic (exact) mass is 255 g/mol. The van der Waals surface area contributed by atoms with Crippen molar-refractivity contribution < 1.29 is 14.3 Å². The summed E-state index contributed by atoms with van der Waals surface area (Å²) < 4.78 is 4.83. The van der Waals surface area contributed by atoms with Gasteiger partial charge >= 0.3 is 5.97 Å². The molecule has 1 aliphatic heterocycles. The second-order valence-electron chi connectivity index (χ2n) is 5.70. The molecule has 0 aromatic carbocycles. The normalized spacial score (nSPS) is 19.2. The van der Waals surface area contributed by atoms with Crippen LogP contribution >= 0.6 is 0 Å². The van der Waals surface area contributed by atoms with Crippen molar-refractivity contribution in [1.82, 2.24) is 4.90 Å². The fourth-order valence-corrected chi connectivity index (χ4v) is 2.27. The third kappa shape index (κ3) is 5.07. The number of ether oxygens (including phenoxy) is 1. The van der Waals surface area contributed by atoms with Crippen molar-refractivity contribution in [2.45, 2.75) is 52.9 Å². The zero-order valence-corrected chi connectivity index (χ0v) is 11.8. The largest absolute Gasteiger partial charge is 0.466 e. The minimum atomic E-state index is -0.277. The van der Waals surface area contributed by atoms with Gasteiger partial charge in [0.2, 0.25) is 5.91 Å².